The molecule has 0 bridgehead atoms. The highest BCUT2D eigenvalue weighted by Gasteiger charge is 2.05. The van der Waals surface area contributed by atoms with Crippen LogP contribution in [0.2, 0.25) is 5.02 Å². The summed E-state index contributed by atoms with van der Waals surface area (Å²) in [6, 6.07) is 7.80. The largest absolute Gasteiger partial charge is 0.367 e. The molecule has 0 atom stereocenters. The number of anilines is 1. The predicted molar refractivity (Wildman–Crippen MR) is 66.8 cm³/mol. The van der Waals surface area contributed by atoms with Gasteiger partial charge < -0.3 is 9.47 Å². The zero-order chi connectivity index (χ0) is 11.5. The minimum absolute atomic E-state index is 0.758. The van der Waals surface area contributed by atoms with Crippen LogP contribution >= 0.6 is 11.6 Å². The van der Waals surface area contributed by atoms with E-state index in [4.69, 9.17) is 11.6 Å². The van der Waals surface area contributed by atoms with Crippen molar-refractivity contribution in [2.75, 3.05) is 11.9 Å². The second-order valence-corrected chi connectivity index (χ2v) is 4.22. The minimum Gasteiger partial charge on any atom is -0.367 e. The number of nitrogens with zero attached hydrogens (tertiary/aromatic N) is 3. The summed E-state index contributed by atoms with van der Waals surface area (Å²) in [4.78, 5) is 6.43. The molecule has 84 valence electrons. The molecular formula is C12H14ClN3. The van der Waals surface area contributed by atoms with Gasteiger partial charge in [-0.1, -0.05) is 11.6 Å². The number of rotatable bonds is 3. The fourth-order valence-electron chi connectivity index (χ4n) is 1.55. The molecular weight excluding hydrogens is 222 g/mol. The van der Waals surface area contributed by atoms with E-state index in [1.807, 2.05) is 55.3 Å². The average Bonchev–Trinajstić information content (AvgIpc) is 2.65. The van der Waals surface area contributed by atoms with E-state index in [9.17, 15) is 0 Å². The Morgan fingerprint density at radius 3 is 2.56 bits per heavy atom. The van der Waals surface area contributed by atoms with Gasteiger partial charge in [-0.15, -0.1) is 0 Å². The van der Waals surface area contributed by atoms with Crippen molar-refractivity contribution in [1.29, 1.82) is 0 Å². The molecule has 1 aromatic carbocycles. The van der Waals surface area contributed by atoms with Crippen LogP contribution in [0.4, 0.5) is 5.69 Å². The van der Waals surface area contributed by atoms with Crippen molar-refractivity contribution in [2.24, 2.45) is 7.05 Å². The lowest BCUT2D eigenvalue weighted by molar-refractivity contribution is 0.762. The molecule has 0 radical (unpaired) electrons. The lowest BCUT2D eigenvalue weighted by Crippen LogP contribution is -2.18. The summed E-state index contributed by atoms with van der Waals surface area (Å²) in [5.74, 6) is 1.04. The minimum atomic E-state index is 0.758. The van der Waals surface area contributed by atoms with E-state index in [0.29, 0.717) is 0 Å². The number of aryl methyl sites for hydroxylation is 1. The first-order valence-electron chi connectivity index (χ1n) is 5.10. The topological polar surface area (TPSA) is 21.1 Å². The van der Waals surface area contributed by atoms with Gasteiger partial charge in [0.2, 0.25) is 0 Å². The van der Waals surface area contributed by atoms with Gasteiger partial charge in [0.1, 0.15) is 5.82 Å². The van der Waals surface area contributed by atoms with Crippen LogP contribution in [0.15, 0.2) is 36.7 Å². The molecule has 0 aliphatic heterocycles. The first-order valence-corrected chi connectivity index (χ1v) is 5.47. The average molecular weight is 236 g/mol. The molecule has 0 aliphatic carbocycles. The molecule has 1 aromatic heterocycles. The van der Waals surface area contributed by atoms with Crippen LogP contribution in [0, 0.1) is 0 Å². The Bertz CT molecular complexity index is 461. The van der Waals surface area contributed by atoms with Crippen molar-refractivity contribution >= 4 is 17.3 Å². The third kappa shape index (κ3) is 2.36. The zero-order valence-corrected chi connectivity index (χ0v) is 10.1. The molecule has 2 aromatic rings. The van der Waals surface area contributed by atoms with Crippen LogP contribution in [0.3, 0.4) is 0 Å². The van der Waals surface area contributed by atoms with Crippen molar-refractivity contribution in [3.63, 3.8) is 0 Å². The molecule has 16 heavy (non-hydrogen) atoms. The Kier molecular flexibility index (Phi) is 3.15. The quantitative estimate of drug-likeness (QED) is 0.816. The number of aromatic nitrogens is 2. The molecule has 0 N–H and O–H groups in total. The summed E-state index contributed by atoms with van der Waals surface area (Å²) < 4.78 is 2.02. The summed E-state index contributed by atoms with van der Waals surface area (Å²) >= 11 is 5.85. The Balaban J connectivity index is 2.11. The molecule has 0 saturated carbocycles. The third-order valence-corrected chi connectivity index (χ3v) is 2.82. The second kappa shape index (κ2) is 4.58. The second-order valence-electron chi connectivity index (χ2n) is 3.79. The van der Waals surface area contributed by atoms with E-state index in [-0.39, 0.29) is 0 Å². The van der Waals surface area contributed by atoms with Gasteiger partial charge >= 0.3 is 0 Å². The van der Waals surface area contributed by atoms with E-state index in [0.717, 1.165) is 23.1 Å². The number of imidazole rings is 1. The van der Waals surface area contributed by atoms with Gasteiger partial charge in [-0.2, -0.15) is 0 Å². The highest BCUT2D eigenvalue weighted by atomic mass is 35.5. The van der Waals surface area contributed by atoms with Gasteiger partial charge in [-0.05, 0) is 24.3 Å². The normalized spacial score (nSPS) is 10.4. The van der Waals surface area contributed by atoms with Crippen molar-refractivity contribution in [2.45, 2.75) is 6.54 Å². The molecule has 0 amide bonds. The lowest BCUT2D eigenvalue weighted by Gasteiger charge is -2.18. The maximum Gasteiger partial charge on any atom is 0.127 e. The monoisotopic (exact) mass is 235 g/mol. The van der Waals surface area contributed by atoms with Crippen LogP contribution in [0.25, 0.3) is 0 Å². The summed E-state index contributed by atoms with van der Waals surface area (Å²) in [5.41, 5.74) is 1.13. The van der Waals surface area contributed by atoms with Crippen LogP contribution in [0.1, 0.15) is 5.82 Å². The summed E-state index contributed by atoms with van der Waals surface area (Å²) in [6.07, 6.45) is 3.76. The Hall–Kier alpha value is -1.48. The SMILES string of the molecule is CN(Cc1nccn1C)c1ccc(Cl)cc1. The molecule has 1 heterocycles. The van der Waals surface area contributed by atoms with Crippen molar-refractivity contribution < 1.29 is 0 Å². The van der Waals surface area contributed by atoms with Gasteiger partial charge in [-0.25, -0.2) is 4.98 Å². The summed E-state index contributed by atoms with van der Waals surface area (Å²) in [6.45, 7) is 0.783. The molecule has 0 spiro atoms. The third-order valence-electron chi connectivity index (χ3n) is 2.57. The maximum absolute atomic E-state index is 5.85. The Labute approximate surface area is 100 Å². The van der Waals surface area contributed by atoms with Gasteiger partial charge in [0, 0.05) is 37.2 Å². The van der Waals surface area contributed by atoms with E-state index >= 15 is 0 Å². The molecule has 2 rings (SSSR count). The summed E-state index contributed by atoms with van der Waals surface area (Å²) in [7, 11) is 4.04. The number of hydrogen-bond acceptors (Lipinski definition) is 2. The highest BCUT2D eigenvalue weighted by molar-refractivity contribution is 6.30. The van der Waals surface area contributed by atoms with E-state index in [1.165, 1.54) is 0 Å². The molecule has 0 unspecified atom stereocenters. The fraction of sp³-hybridized carbons (Fsp3) is 0.250. The van der Waals surface area contributed by atoms with Crippen LogP contribution in [0.5, 0.6) is 0 Å². The van der Waals surface area contributed by atoms with Crippen molar-refractivity contribution in [1.82, 2.24) is 9.55 Å². The van der Waals surface area contributed by atoms with Gasteiger partial charge in [0.25, 0.3) is 0 Å². The van der Waals surface area contributed by atoms with E-state index in [2.05, 4.69) is 9.88 Å². The van der Waals surface area contributed by atoms with Crippen LogP contribution in [-0.2, 0) is 13.6 Å². The molecule has 4 heteroatoms. The zero-order valence-electron chi connectivity index (χ0n) is 9.39. The van der Waals surface area contributed by atoms with Gasteiger partial charge in [0.05, 0.1) is 6.54 Å². The van der Waals surface area contributed by atoms with Gasteiger partial charge in [0.15, 0.2) is 0 Å². The lowest BCUT2D eigenvalue weighted by atomic mass is 10.3. The van der Waals surface area contributed by atoms with Crippen molar-refractivity contribution in [3.8, 4) is 0 Å². The summed E-state index contributed by atoms with van der Waals surface area (Å²) in [5, 5.41) is 0.758. The maximum atomic E-state index is 5.85. The van der Waals surface area contributed by atoms with Gasteiger partial charge in [-0.3, -0.25) is 0 Å². The molecule has 3 nitrogen and oxygen atoms in total. The highest BCUT2D eigenvalue weighted by Crippen LogP contribution is 2.17. The number of hydrogen-bond donors (Lipinski definition) is 0. The number of benzene rings is 1. The molecule has 0 saturated heterocycles. The smallest absolute Gasteiger partial charge is 0.127 e. The predicted octanol–water partition coefficient (Wildman–Crippen LogP) is 2.71. The Morgan fingerprint density at radius 1 is 1.31 bits per heavy atom. The van der Waals surface area contributed by atoms with Crippen LogP contribution in [-0.4, -0.2) is 16.6 Å². The first kappa shape index (κ1) is 11.0. The number of halogens is 1. The standard InChI is InChI=1S/C12H14ClN3/c1-15-8-7-14-12(15)9-16(2)11-5-3-10(13)4-6-11/h3-8H,9H2,1-2H3. The molecule has 0 aliphatic rings. The van der Waals surface area contributed by atoms with E-state index < -0.39 is 0 Å². The molecule has 0 fully saturated rings. The fourth-order valence-corrected chi connectivity index (χ4v) is 1.67. The van der Waals surface area contributed by atoms with E-state index in [1.54, 1.807) is 0 Å². The first-order chi connectivity index (χ1) is 7.66. The Morgan fingerprint density at radius 2 is 2.00 bits per heavy atom. The van der Waals surface area contributed by atoms with Crippen LogP contribution < -0.4 is 4.90 Å². The van der Waals surface area contributed by atoms with Crippen molar-refractivity contribution in [3.05, 3.63) is 47.5 Å².